The van der Waals surface area contributed by atoms with Crippen molar-refractivity contribution in [2.24, 2.45) is 5.92 Å². The smallest absolute Gasteiger partial charge is 0.338 e. The van der Waals surface area contributed by atoms with Gasteiger partial charge in [0.2, 0.25) is 0 Å². The van der Waals surface area contributed by atoms with Crippen molar-refractivity contribution in [3.63, 3.8) is 0 Å². The van der Waals surface area contributed by atoms with Crippen molar-refractivity contribution in [1.82, 2.24) is 9.21 Å². The van der Waals surface area contributed by atoms with Crippen LogP contribution in [0.2, 0.25) is 0 Å². The molecule has 0 aromatic heterocycles. The van der Waals surface area contributed by atoms with Gasteiger partial charge in [-0.25, -0.2) is 9.10 Å². The molecule has 1 saturated heterocycles. The van der Waals surface area contributed by atoms with Crippen molar-refractivity contribution in [1.29, 1.82) is 5.26 Å². The van der Waals surface area contributed by atoms with Crippen LogP contribution in [0.15, 0.2) is 41.3 Å². The van der Waals surface area contributed by atoms with Crippen molar-refractivity contribution in [3.05, 3.63) is 64.2 Å². The fourth-order valence-corrected chi connectivity index (χ4v) is 5.51. The van der Waals surface area contributed by atoms with Gasteiger partial charge in [0, 0.05) is 42.7 Å². The summed E-state index contributed by atoms with van der Waals surface area (Å²) in [7, 11) is 0. The molecule has 6 nitrogen and oxygen atoms in total. The van der Waals surface area contributed by atoms with Crippen molar-refractivity contribution in [2.45, 2.75) is 44.4 Å². The van der Waals surface area contributed by atoms with Gasteiger partial charge in [-0.1, -0.05) is 19.9 Å². The van der Waals surface area contributed by atoms with Gasteiger partial charge >= 0.3 is 5.97 Å². The zero-order valence-corrected chi connectivity index (χ0v) is 19.6. The summed E-state index contributed by atoms with van der Waals surface area (Å²) in [5, 5.41) is 20.1. The van der Waals surface area contributed by atoms with Crippen LogP contribution in [-0.4, -0.2) is 52.5 Å². The van der Waals surface area contributed by atoms with Crippen LogP contribution < -0.4 is 0 Å². The number of carbonyl (C=O) groups is 1. The maximum atomic E-state index is 11.8. The van der Waals surface area contributed by atoms with Crippen molar-refractivity contribution in [2.75, 3.05) is 26.2 Å². The lowest BCUT2D eigenvalue weighted by Gasteiger charge is -2.43. The summed E-state index contributed by atoms with van der Waals surface area (Å²) < 4.78 is 7.53. The highest BCUT2D eigenvalue weighted by Gasteiger charge is 2.32. The third kappa shape index (κ3) is 4.69. The van der Waals surface area contributed by atoms with Gasteiger partial charge in [-0.15, -0.1) is 0 Å². The third-order valence-corrected chi connectivity index (χ3v) is 7.53. The Morgan fingerprint density at radius 3 is 2.66 bits per heavy atom. The fourth-order valence-electron chi connectivity index (χ4n) is 4.55. The molecule has 2 atom stereocenters. The van der Waals surface area contributed by atoms with Crippen LogP contribution in [0.25, 0.3) is 0 Å². The molecule has 0 radical (unpaired) electrons. The van der Waals surface area contributed by atoms with E-state index in [0.29, 0.717) is 36.2 Å². The number of benzene rings is 2. The van der Waals surface area contributed by atoms with E-state index in [2.05, 4.69) is 29.1 Å². The standard InChI is InChI=1S/C25H29N3O3S/c1-16(2)23-13-28(32-19-6-4-18(12-26)5-7-19)11-10-27(23)14-24(29)20-8-9-21-22(17(20)3)15-31-25(21)30/h4-9,16,23-24,29H,10-11,13-15H2,1-3H3. The average Bonchev–Trinajstić information content (AvgIpc) is 3.17. The van der Waals surface area contributed by atoms with Crippen LogP contribution in [-0.2, 0) is 11.3 Å². The third-order valence-electron chi connectivity index (χ3n) is 6.46. The second-order valence-electron chi connectivity index (χ2n) is 8.82. The van der Waals surface area contributed by atoms with Crippen LogP contribution in [0.4, 0.5) is 0 Å². The first-order chi connectivity index (χ1) is 15.4. The molecule has 2 aromatic carbocycles. The molecule has 0 bridgehead atoms. The lowest BCUT2D eigenvalue weighted by atomic mass is 9.94. The molecule has 2 heterocycles. The maximum absolute atomic E-state index is 11.8. The molecule has 2 aliphatic heterocycles. The molecule has 0 aliphatic carbocycles. The maximum Gasteiger partial charge on any atom is 0.338 e. The van der Waals surface area contributed by atoms with E-state index < -0.39 is 6.10 Å². The predicted molar refractivity (Wildman–Crippen MR) is 124 cm³/mol. The minimum atomic E-state index is -0.616. The van der Waals surface area contributed by atoms with Crippen LogP contribution in [0.3, 0.4) is 0 Å². The van der Waals surface area contributed by atoms with E-state index in [-0.39, 0.29) is 5.97 Å². The molecule has 4 rings (SSSR count). The zero-order valence-electron chi connectivity index (χ0n) is 18.7. The number of aliphatic hydroxyl groups excluding tert-OH is 1. The highest BCUT2D eigenvalue weighted by atomic mass is 32.2. The number of fused-ring (bicyclic) bond motifs is 1. The minimum Gasteiger partial charge on any atom is -0.457 e. The van der Waals surface area contributed by atoms with E-state index in [4.69, 9.17) is 10.00 Å². The number of esters is 1. The van der Waals surface area contributed by atoms with Gasteiger partial charge in [-0.2, -0.15) is 5.26 Å². The highest BCUT2D eigenvalue weighted by Crippen LogP contribution is 2.32. The average molecular weight is 452 g/mol. The SMILES string of the molecule is Cc1c(C(O)CN2CCN(Sc3ccc(C#N)cc3)CC2C(C)C)ccc2c1COC2=O. The first-order valence-electron chi connectivity index (χ1n) is 11.0. The number of cyclic esters (lactones) is 1. The number of hydrogen-bond acceptors (Lipinski definition) is 7. The van der Waals surface area contributed by atoms with E-state index in [1.807, 2.05) is 37.3 Å². The Bertz CT molecular complexity index is 1030. The number of rotatable bonds is 6. The summed E-state index contributed by atoms with van der Waals surface area (Å²) >= 11 is 1.73. The minimum absolute atomic E-state index is 0.278. The van der Waals surface area contributed by atoms with Gasteiger partial charge in [-0.05, 0) is 66.2 Å². The Morgan fingerprint density at radius 2 is 1.97 bits per heavy atom. The molecule has 7 heteroatoms. The quantitative estimate of drug-likeness (QED) is 0.527. The summed E-state index contributed by atoms with van der Waals surface area (Å²) in [4.78, 5) is 15.3. The Balaban J connectivity index is 1.43. The Kier molecular flexibility index (Phi) is 6.87. The van der Waals surface area contributed by atoms with E-state index in [1.54, 1.807) is 18.0 Å². The number of carbonyl (C=O) groups excluding carboxylic acids is 1. The molecule has 2 unspecified atom stereocenters. The number of ether oxygens (including phenoxy) is 1. The topological polar surface area (TPSA) is 76.8 Å². The van der Waals surface area contributed by atoms with E-state index in [0.717, 1.165) is 41.2 Å². The van der Waals surface area contributed by atoms with Gasteiger partial charge in [0.25, 0.3) is 0 Å². The molecule has 1 N–H and O–H groups in total. The molecule has 2 aliphatic rings. The summed E-state index contributed by atoms with van der Waals surface area (Å²) in [6.45, 7) is 9.94. The summed E-state index contributed by atoms with van der Waals surface area (Å²) in [5.41, 5.74) is 4.02. The molecule has 32 heavy (non-hydrogen) atoms. The fraction of sp³-hybridized carbons (Fsp3) is 0.440. The first-order valence-corrected chi connectivity index (χ1v) is 11.8. The van der Waals surface area contributed by atoms with Crippen LogP contribution in [0, 0.1) is 24.2 Å². The van der Waals surface area contributed by atoms with E-state index in [9.17, 15) is 9.90 Å². The Hall–Kier alpha value is -2.37. The van der Waals surface area contributed by atoms with Crippen LogP contribution in [0.1, 0.15) is 52.6 Å². The lowest BCUT2D eigenvalue weighted by Crippen LogP contribution is -2.54. The second-order valence-corrected chi connectivity index (χ2v) is 9.99. The van der Waals surface area contributed by atoms with Gasteiger partial charge in [0.1, 0.15) is 6.61 Å². The molecule has 2 aromatic rings. The number of nitrogens with zero attached hydrogens (tertiary/aromatic N) is 3. The molecular formula is C25H29N3O3S. The Labute approximate surface area is 193 Å². The monoisotopic (exact) mass is 451 g/mol. The summed E-state index contributed by atoms with van der Waals surface area (Å²) in [6, 6.07) is 13.8. The van der Waals surface area contributed by atoms with E-state index in [1.165, 1.54) is 0 Å². The molecule has 0 saturated carbocycles. The lowest BCUT2D eigenvalue weighted by molar-refractivity contribution is 0.0392. The molecule has 168 valence electrons. The van der Waals surface area contributed by atoms with Crippen molar-refractivity contribution < 1.29 is 14.6 Å². The largest absolute Gasteiger partial charge is 0.457 e. The second kappa shape index (κ2) is 9.63. The predicted octanol–water partition coefficient (Wildman–Crippen LogP) is 3.92. The normalized spacial score (nSPS) is 20.1. The number of aliphatic hydroxyl groups is 1. The molecule has 1 fully saturated rings. The van der Waals surface area contributed by atoms with E-state index >= 15 is 0 Å². The summed E-state index contributed by atoms with van der Waals surface area (Å²) in [5.74, 6) is 0.165. The van der Waals surface area contributed by atoms with Gasteiger partial charge in [-0.3, -0.25) is 4.90 Å². The van der Waals surface area contributed by atoms with Crippen LogP contribution in [0.5, 0.6) is 0 Å². The van der Waals surface area contributed by atoms with Gasteiger partial charge in [0.15, 0.2) is 0 Å². The summed E-state index contributed by atoms with van der Waals surface area (Å²) in [6.07, 6.45) is -0.616. The first kappa shape index (κ1) is 22.8. The Morgan fingerprint density at radius 1 is 1.22 bits per heavy atom. The number of hydrogen-bond donors (Lipinski definition) is 1. The van der Waals surface area contributed by atoms with Crippen molar-refractivity contribution in [3.8, 4) is 6.07 Å². The number of β-amino-alcohol motifs (C(OH)–C–C–N with tert-alkyl or cyclic N) is 1. The molecular weight excluding hydrogens is 422 g/mol. The van der Waals surface area contributed by atoms with Gasteiger partial charge < -0.3 is 9.84 Å². The number of piperazine rings is 1. The number of nitriles is 1. The highest BCUT2D eigenvalue weighted by molar-refractivity contribution is 7.97. The molecule has 0 amide bonds. The van der Waals surface area contributed by atoms with Crippen LogP contribution >= 0.6 is 11.9 Å². The van der Waals surface area contributed by atoms with Crippen molar-refractivity contribution >= 4 is 17.9 Å². The zero-order chi connectivity index (χ0) is 22.8. The molecule has 0 spiro atoms. The van der Waals surface area contributed by atoms with Gasteiger partial charge in [0.05, 0.1) is 23.3 Å².